The number of carbonyl (C=O) groups is 1. The Labute approximate surface area is 63.7 Å². The van der Waals surface area contributed by atoms with Crippen molar-refractivity contribution in [3.05, 3.63) is 0 Å². The van der Waals surface area contributed by atoms with Gasteiger partial charge in [0.25, 0.3) is 0 Å². The van der Waals surface area contributed by atoms with Gasteiger partial charge in [-0.25, -0.2) is 5.26 Å². The molecule has 0 aromatic carbocycles. The van der Waals surface area contributed by atoms with E-state index in [1.807, 2.05) is 0 Å². The molecule has 0 aromatic heterocycles. The Balaban J connectivity index is 3.98. The summed E-state index contributed by atoms with van der Waals surface area (Å²) in [6, 6.07) is 0. The molecule has 0 atom stereocenters. The SMILES string of the molecule is C=[O+]C(=O)C(F)(F)SOOO. The minimum atomic E-state index is -3.95. The molecular weight excluding hydrogens is 186 g/mol. The highest BCUT2D eigenvalue weighted by Crippen LogP contribution is 2.30. The fourth-order valence-corrected chi connectivity index (χ4v) is 0.419. The van der Waals surface area contributed by atoms with Crippen molar-refractivity contribution in [2.24, 2.45) is 0 Å². The monoisotopic (exact) mass is 189 g/mol. The molecule has 0 aliphatic heterocycles. The van der Waals surface area contributed by atoms with Gasteiger partial charge in [0.05, 0.1) is 4.79 Å². The summed E-state index contributed by atoms with van der Waals surface area (Å²) in [6.45, 7) is 2.46. The average molecular weight is 189 g/mol. The highest BCUT2D eigenvalue weighted by Gasteiger charge is 2.53. The standard InChI is InChI=1S/C3H2F2O5S/c1-8-2(6)3(4,5)11-10-9-7/h1H2/p+1. The van der Waals surface area contributed by atoms with Gasteiger partial charge in [-0.2, -0.15) is 8.78 Å². The Morgan fingerprint density at radius 3 is 2.64 bits per heavy atom. The Morgan fingerprint density at radius 2 is 2.27 bits per heavy atom. The summed E-state index contributed by atoms with van der Waals surface area (Å²) in [5.74, 6) is -1.90. The lowest BCUT2D eigenvalue weighted by Crippen LogP contribution is -2.24. The zero-order valence-corrected chi connectivity index (χ0v) is 5.77. The number of hydrogen-bond acceptors (Lipinski definition) is 5. The van der Waals surface area contributed by atoms with E-state index in [0.717, 1.165) is 0 Å². The molecule has 0 bridgehead atoms. The van der Waals surface area contributed by atoms with Crippen molar-refractivity contribution < 1.29 is 32.6 Å². The maximum atomic E-state index is 12.1. The van der Waals surface area contributed by atoms with Crippen molar-refractivity contribution in [3.63, 3.8) is 0 Å². The lowest BCUT2D eigenvalue weighted by Gasteiger charge is -1.99. The minimum absolute atomic E-state index is 0.709. The number of carbonyl (C=O) groups excluding carboxylic acids is 2. The maximum Gasteiger partial charge on any atom is 0.663 e. The largest absolute Gasteiger partial charge is 0.663 e. The Morgan fingerprint density at radius 1 is 1.73 bits per heavy atom. The minimum Gasteiger partial charge on any atom is -0.283 e. The smallest absolute Gasteiger partial charge is 0.283 e. The van der Waals surface area contributed by atoms with E-state index in [9.17, 15) is 13.6 Å². The van der Waals surface area contributed by atoms with Gasteiger partial charge in [-0.3, -0.25) is 4.42 Å². The molecule has 64 valence electrons. The molecule has 0 spiro atoms. The van der Waals surface area contributed by atoms with Crippen molar-refractivity contribution in [2.75, 3.05) is 0 Å². The van der Waals surface area contributed by atoms with E-state index in [4.69, 9.17) is 5.26 Å². The van der Waals surface area contributed by atoms with Crippen molar-refractivity contribution in [2.45, 2.75) is 5.25 Å². The summed E-state index contributed by atoms with van der Waals surface area (Å²) >= 11 is -0.709. The second kappa shape index (κ2) is 4.34. The predicted octanol–water partition coefficient (Wildman–Crippen LogP) is 0.540. The fraction of sp³-hybridized carbons (Fsp3) is 0.333. The topological polar surface area (TPSA) is 67.1 Å². The van der Waals surface area contributed by atoms with Crippen LogP contribution in [-0.4, -0.2) is 23.3 Å². The van der Waals surface area contributed by atoms with Crippen LogP contribution in [0.15, 0.2) is 0 Å². The molecule has 5 nitrogen and oxygen atoms in total. The van der Waals surface area contributed by atoms with Crippen LogP contribution < -0.4 is 0 Å². The van der Waals surface area contributed by atoms with Crippen molar-refractivity contribution in [3.8, 4) is 0 Å². The molecule has 0 aliphatic carbocycles. The van der Waals surface area contributed by atoms with Gasteiger partial charge >= 0.3 is 11.2 Å². The molecular formula is C3H3F2O5S+. The third-order valence-corrected chi connectivity index (χ3v) is 1.04. The molecule has 0 unspecified atom stereocenters. The van der Waals surface area contributed by atoms with E-state index in [-0.39, 0.29) is 0 Å². The van der Waals surface area contributed by atoms with Gasteiger partial charge in [0.15, 0.2) is 6.79 Å². The van der Waals surface area contributed by atoms with Gasteiger partial charge in [-0.05, 0) is 0 Å². The summed E-state index contributed by atoms with van der Waals surface area (Å²) in [7, 11) is 0. The highest BCUT2D eigenvalue weighted by atomic mass is 32.2. The molecule has 0 aromatic rings. The normalized spacial score (nSPS) is 11.2. The second-order valence-corrected chi connectivity index (χ2v) is 1.99. The zero-order chi connectivity index (χ0) is 8.91. The van der Waals surface area contributed by atoms with E-state index in [2.05, 4.69) is 20.6 Å². The molecule has 0 rings (SSSR count). The first-order chi connectivity index (χ1) is 5.04. The first kappa shape index (κ1) is 10.4. The molecule has 1 N–H and O–H groups in total. The Hall–Kier alpha value is -0.570. The van der Waals surface area contributed by atoms with Crippen LogP contribution in [-0.2, 0) is 18.6 Å². The van der Waals surface area contributed by atoms with Crippen LogP contribution in [0.5, 0.6) is 0 Å². The molecule has 0 heterocycles. The fourth-order valence-electron chi connectivity index (χ4n) is 0.176. The lowest BCUT2D eigenvalue weighted by molar-refractivity contribution is -0.434. The molecule has 0 aliphatic rings. The van der Waals surface area contributed by atoms with Gasteiger partial charge in [0.1, 0.15) is 12.0 Å². The molecule has 0 saturated carbocycles. The molecule has 8 heteroatoms. The molecule has 0 radical (unpaired) electrons. The van der Waals surface area contributed by atoms with Crippen LogP contribution in [0.1, 0.15) is 0 Å². The van der Waals surface area contributed by atoms with E-state index in [0.29, 0.717) is 0 Å². The number of rotatable bonds is 4. The van der Waals surface area contributed by atoms with Gasteiger partial charge in [-0.15, -0.1) is 4.33 Å². The zero-order valence-electron chi connectivity index (χ0n) is 4.95. The Bertz CT molecular complexity index is 160. The third kappa shape index (κ3) is 3.37. The predicted molar refractivity (Wildman–Crippen MR) is 29.5 cm³/mol. The van der Waals surface area contributed by atoms with Crippen LogP contribution >= 0.6 is 12.0 Å². The van der Waals surface area contributed by atoms with Gasteiger partial charge in [0.2, 0.25) is 0 Å². The van der Waals surface area contributed by atoms with Crippen LogP contribution in [0.3, 0.4) is 0 Å². The van der Waals surface area contributed by atoms with E-state index in [1.54, 1.807) is 0 Å². The average Bonchev–Trinajstić information content (AvgIpc) is 1.99. The quantitative estimate of drug-likeness (QED) is 0.302. The third-order valence-electron chi connectivity index (χ3n) is 0.538. The van der Waals surface area contributed by atoms with Gasteiger partial charge < -0.3 is 0 Å². The first-order valence-electron chi connectivity index (χ1n) is 2.04. The van der Waals surface area contributed by atoms with Crippen LogP contribution in [0.4, 0.5) is 8.78 Å². The van der Waals surface area contributed by atoms with Crippen LogP contribution in [0, 0.1) is 0 Å². The lowest BCUT2D eigenvalue weighted by atomic mass is 10.7. The maximum absolute atomic E-state index is 12.1. The molecule has 0 amide bonds. The van der Waals surface area contributed by atoms with Crippen molar-refractivity contribution in [1.29, 1.82) is 0 Å². The molecule has 11 heavy (non-hydrogen) atoms. The van der Waals surface area contributed by atoms with E-state index >= 15 is 0 Å². The van der Waals surface area contributed by atoms with Crippen molar-refractivity contribution >= 4 is 24.8 Å². The first-order valence-corrected chi connectivity index (χ1v) is 2.79. The van der Waals surface area contributed by atoms with Gasteiger partial charge in [0, 0.05) is 0 Å². The molecule has 0 saturated heterocycles. The highest BCUT2D eigenvalue weighted by molar-refractivity contribution is 7.96. The number of alkyl halides is 2. The van der Waals surface area contributed by atoms with E-state index in [1.165, 1.54) is 0 Å². The van der Waals surface area contributed by atoms with E-state index < -0.39 is 23.3 Å². The summed E-state index contributed by atoms with van der Waals surface area (Å²) in [4.78, 5) is 10.1. The molecule has 0 fully saturated rings. The number of halogens is 2. The summed E-state index contributed by atoms with van der Waals surface area (Å²) in [5, 5.41) is 6.31. The van der Waals surface area contributed by atoms with Crippen LogP contribution in [0.2, 0.25) is 0 Å². The van der Waals surface area contributed by atoms with Crippen LogP contribution in [0.25, 0.3) is 0 Å². The van der Waals surface area contributed by atoms with Crippen molar-refractivity contribution in [1.82, 2.24) is 0 Å². The summed E-state index contributed by atoms with van der Waals surface area (Å²) in [5.41, 5.74) is 0. The summed E-state index contributed by atoms with van der Waals surface area (Å²) in [6.07, 6.45) is 0. The number of hydrogen-bond donors (Lipinski definition) is 1. The second-order valence-electron chi connectivity index (χ2n) is 1.17. The summed E-state index contributed by atoms with van der Waals surface area (Å²) < 4.78 is 31.0. The Kier molecular flexibility index (Phi) is 4.11. The van der Waals surface area contributed by atoms with Gasteiger partial charge in [-0.1, -0.05) is 5.04 Å².